The molecule has 0 aromatic rings. The number of aliphatic hydroxyl groups is 1. The third-order valence-electron chi connectivity index (χ3n) is 5.61. The Hall–Kier alpha value is -1.47. The van der Waals surface area contributed by atoms with Crippen molar-refractivity contribution in [1.29, 1.82) is 0 Å². The maximum absolute atomic E-state index is 13.0. The van der Waals surface area contributed by atoms with Crippen molar-refractivity contribution in [3.8, 4) is 0 Å². The fourth-order valence-electron chi connectivity index (χ4n) is 3.93. The molecule has 0 heterocycles. The highest BCUT2D eigenvalue weighted by Crippen LogP contribution is 2.33. The van der Waals surface area contributed by atoms with Crippen molar-refractivity contribution in [1.82, 2.24) is 10.8 Å². The summed E-state index contributed by atoms with van der Waals surface area (Å²) in [5, 5.41) is 21.2. The van der Waals surface area contributed by atoms with E-state index in [0.717, 1.165) is 38.5 Å². The van der Waals surface area contributed by atoms with Crippen molar-refractivity contribution in [3.05, 3.63) is 0 Å². The monoisotopic (exact) mass is 384 g/mol. The summed E-state index contributed by atoms with van der Waals surface area (Å²) in [6.07, 6.45) is 5.69. The van der Waals surface area contributed by atoms with Gasteiger partial charge in [-0.2, -0.15) is 0 Å². The van der Waals surface area contributed by atoms with Gasteiger partial charge in [-0.15, -0.1) is 0 Å². The lowest BCUT2D eigenvalue weighted by atomic mass is 9.84. The molecule has 1 fully saturated rings. The number of aliphatic hydroxyl groups excluding tert-OH is 1. The number of amides is 2. The summed E-state index contributed by atoms with van der Waals surface area (Å²) in [4.78, 5) is 37.4. The molecule has 0 spiro atoms. The molecule has 2 amide bonds. The molecule has 0 bridgehead atoms. The molecule has 0 aromatic heterocycles. The van der Waals surface area contributed by atoms with Crippen LogP contribution in [0.1, 0.15) is 72.1 Å². The number of carbonyl (C=O) groups is 3. The van der Waals surface area contributed by atoms with Gasteiger partial charge in [0.15, 0.2) is 5.78 Å². The molecular weight excluding hydrogens is 348 g/mol. The summed E-state index contributed by atoms with van der Waals surface area (Å²) in [5.41, 5.74) is 1.58. The normalized spacial score (nSPS) is 21.7. The molecule has 7 heteroatoms. The molecule has 4 N–H and O–H groups in total. The van der Waals surface area contributed by atoms with Gasteiger partial charge in [-0.25, -0.2) is 5.48 Å². The highest BCUT2D eigenvalue weighted by atomic mass is 16.5. The van der Waals surface area contributed by atoms with Gasteiger partial charge in [-0.3, -0.25) is 19.6 Å². The van der Waals surface area contributed by atoms with E-state index in [1.807, 2.05) is 13.8 Å². The van der Waals surface area contributed by atoms with Crippen LogP contribution in [0.2, 0.25) is 0 Å². The molecule has 27 heavy (non-hydrogen) atoms. The number of carbonyl (C=O) groups excluding carboxylic acids is 3. The predicted molar refractivity (Wildman–Crippen MR) is 102 cm³/mol. The summed E-state index contributed by atoms with van der Waals surface area (Å²) in [6, 6.07) is -0.625. The molecule has 4 atom stereocenters. The lowest BCUT2D eigenvalue weighted by molar-refractivity contribution is -0.137. The zero-order valence-electron chi connectivity index (χ0n) is 16.9. The van der Waals surface area contributed by atoms with Gasteiger partial charge in [0.1, 0.15) is 0 Å². The van der Waals surface area contributed by atoms with Gasteiger partial charge >= 0.3 is 0 Å². The van der Waals surface area contributed by atoms with Crippen molar-refractivity contribution in [2.75, 3.05) is 6.61 Å². The van der Waals surface area contributed by atoms with Crippen LogP contribution in [0.4, 0.5) is 0 Å². The van der Waals surface area contributed by atoms with Crippen LogP contribution in [0.25, 0.3) is 0 Å². The number of rotatable bonds is 12. The topological polar surface area (TPSA) is 116 Å². The fraction of sp³-hybridized carbons (Fsp3) is 0.850. The Balaban J connectivity index is 2.82. The third kappa shape index (κ3) is 7.22. The Morgan fingerprint density at radius 3 is 2.41 bits per heavy atom. The first kappa shape index (κ1) is 23.6. The Morgan fingerprint density at radius 1 is 1.15 bits per heavy atom. The number of Topliss-reactive ketones (excluding diaryl/α,β-unsaturated/α-hetero) is 1. The molecule has 1 aliphatic rings. The Bertz CT molecular complexity index is 495. The molecule has 1 aliphatic carbocycles. The van der Waals surface area contributed by atoms with E-state index in [1.54, 1.807) is 5.48 Å². The second kappa shape index (κ2) is 12.1. The Labute approximate surface area is 162 Å². The largest absolute Gasteiger partial charge is 0.396 e. The molecule has 0 aromatic carbocycles. The molecule has 156 valence electrons. The number of nitrogens with one attached hydrogen (secondary N) is 2. The van der Waals surface area contributed by atoms with Crippen molar-refractivity contribution in [3.63, 3.8) is 0 Å². The Morgan fingerprint density at radius 2 is 1.85 bits per heavy atom. The summed E-state index contributed by atoms with van der Waals surface area (Å²) >= 11 is 0. The van der Waals surface area contributed by atoms with Crippen molar-refractivity contribution < 1.29 is 24.7 Å². The minimum absolute atomic E-state index is 0.00845. The maximum Gasteiger partial charge on any atom is 0.244 e. The van der Waals surface area contributed by atoms with E-state index in [1.165, 1.54) is 0 Å². The van der Waals surface area contributed by atoms with Gasteiger partial charge in [0.05, 0.1) is 6.04 Å². The number of unbranched alkanes of at least 4 members (excludes halogenated alkanes) is 2. The first-order chi connectivity index (χ1) is 12.8. The number of hydroxylamine groups is 1. The van der Waals surface area contributed by atoms with Crippen molar-refractivity contribution in [2.24, 2.45) is 23.7 Å². The van der Waals surface area contributed by atoms with Gasteiger partial charge < -0.3 is 10.4 Å². The average molecular weight is 385 g/mol. The minimum atomic E-state index is -0.625. The number of ketones is 1. The molecule has 0 saturated heterocycles. The van der Waals surface area contributed by atoms with E-state index in [-0.39, 0.29) is 42.5 Å². The summed E-state index contributed by atoms with van der Waals surface area (Å²) in [6.45, 7) is 5.82. The zero-order chi connectivity index (χ0) is 20.4. The lowest BCUT2D eigenvalue weighted by Gasteiger charge is -2.28. The average Bonchev–Trinajstić information content (AvgIpc) is 3.13. The van der Waals surface area contributed by atoms with Gasteiger partial charge in [-0.1, -0.05) is 46.5 Å². The van der Waals surface area contributed by atoms with E-state index in [0.29, 0.717) is 6.42 Å². The maximum atomic E-state index is 13.0. The van der Waals surface area contributed by atoms with Crippen LogP contribution in [-0.4, -0.2) is 40.6 Å². The van der Waals surface area contributed by atoms with Crippen LogP contribution in [0.5, 0.6) is 0 Å². The quantitative estimate of drug-likeness (QED) is 0.234. The van der Waals surface area contributed by atoms with Gasteiger partial charge in [0, 0.05) is 24.9 Å². The van der Waals surface area contributed by atoms with E-state index < -0.39 is 17.9 Å². The fourth-order valence-corrected chi connectivity index (χ4v) is 3.93. The Kier molecular flexibility index (Phi) is 10.5. The number of hydrogen-bond donors (Lipinski definition) is 4. The van der Waals surface area contributed by atoms with Crippen LogP contribution >= 0.6 is 0 Å². The van der Waals surface area contributed by atoms with Gasteiger partial charge in [0.2, 0.25) is 11.8 Å². The van der Waals surface area contributed by atoms with Gasteiger partial charge in [0.25, 0.3) is 0 Å². The third-order valence-corrected chi connectivity index (χ3v) is 5.61. The van der Waals surface area contributed by atoms with Crippen LogP contribution in [-0.2, 0) is 14.4 Å². The molecule has 1 unspecified atom stereocenters. The molecule has 7 nitrogen and oxygen atoms in total. The highest BCUT2D eigenvalue weighted by Gasteiger charge is 2.38. The predicted octanol–water partition coefficient (Wildman–Crippen LogP) is 2.20. The van der Waals surface area contributed by atoms with Crippen molar-refractivity contribution in [2.45, 2.75) is 78.2 Å². The second-order valence-electron chi connectivity index (χ2n) is 8.04. The van der Waals surface area contributed by atoms with E-state index in [4.69, 9.17) is 5.21 Å². The smallest absolute Gasteiger partial charge is 0.244 e. The van der Waals surface area contributed by atoms with Gasteiger partial charge in [-0.05, 0) is 31.1 Å². The van der Waals surface area contributed by atoms with Crippen LogP contribution in [0.3, 0.4) is 0 Å². The molecule has 0 aliphatic heterocycles. The van der Waals surface area contributed by atoms with Crippen LogP contribution in [0, 0.1) is 23.7 Å². The number of hydrogen-bond acceptors (Lipinski definition) is 5. The SMILES string of the molecule is CCCCC[C@H](CC(=O)NO)C(=O)N[C@H](C(=O)C1CCC[C@H]1CO)C(C)C. The lowest BCUT2D eigenvalue weighted by Crippen LogP contribution is -2.50. The van der Waals surface area contributed by atoms with Crippen LogP contribution in [0.15, 0.2) is 0 Å². The summed E-state index contributed by atoms with van der Waals surface area (Å²) in [5.74, 6) is -1.85. The second-order valence-corrected chi connectivity index (χ2v) is 8.04. The first-order valence-electron chi connectivity index (χ1n) is 10.2. The van der Waals surface area contributed by atoms with Crippen LogP contribution < -0.4 is 10.8 Å². The minimum Gasteiger partial charge on any atom is -0.396 e. The first-order valence-corrected chi connectivity index (χ1v) is 10.2. The molecule has 1 rings (SSSR count). The summed E-state index contributed by atoms with van der Waals surface area (Å²) in [7, 11) is 0. The molecule has 0 radical (unpaired) electrons. The van der Waals surface area contributed by atoms with E-state index in [2.05, 4.69) is 12.2 Å². The standard InChI is InChI=1S/C20H36N2O5/c1-4-5-6-8-14(11-17(24)22-27)20(26)21-18(13(2)3)19(25)16-10-7-9-15(16)12-23/h13-16,18,23,27H,4-12H2,1-3H3,(H,21,26)(H,22,24)/t14-,15+,16?,18+/m1/s1. The molecule has 1 saturated carbocycles. The zero-order valence-corrected chi connectivity index (χ0v) is 16.9. The van der Waals surface area contributed by atoms with E-state index in [9.17, 15) is 19.5 Å². The summed E-state index contributed by atoms with van der Waals surface area (Å²) < 4.78 is 0. The molecular formula is C20H36N2O5. The van der Waals surface area contributed by atoms with E-state index >= 15 is 0 Å². The highest BCUT2D eigenvalue weighted by molar-refractivity contribution is 5.93. The van der Waals surface area contributed by atoms with Crippen molar-refractivity contribution >= 4 is 17.6 Å².